The lowest BCUT2D eigenvalue weighted by atomic mass is 10.2. The molecule has 0 aliphatic carbocycles. The highest BCUT2D eigenvalue weighted by Crippen LogP contribution is 2.29. The summed E-state index contributed by atoms with van der Waals surface area (Å²) in [6.07, 6.45) is 0. The molecule has 0 amide bonds. The van der Waals surface area contributed by atoms with Crippen LogP contribution in [-0.4, -0.2) is 19.7 Å². The molecule has 0 spiro atoms. The second kappa shape index (κ2) is 5.45. The van der Waals surface area contributed by atoms with Gasteiger partial charge in [0, 0.05) is 29.5 Å². The average molecular weight is 300 g/mol. The van der Waals surface area contributed by atoms with E-state index in [2.05, 4.69) is 10.2 Å². The van der Waals surface area contributed by atoms with E-state index in [1.807, 2.05) is 0 Å². The van der Waals surface area contributed by atoms with Crippen LogP contribution in [0.1, 0.15) is 5.56 Å². The molecule has 0 saturated carbocycles. The number of rotatable bonds is 4. The van der Waals surface area contributed by atoms with Gasteiger partial charge in [0.25, 0.3) is 5.69 Å². The Kier molecular flexibility index (Phi) is 3.91. The Hall–Kier alpha value is -1.80. The second-order valence-electron chi connectivity index (χ2n) is 3.72. The highest BCUT2D eigenvalue weighted by atomic mass is 35.5. The minimum absolute atomic E-state index is 0.00450. The molecule has 2 N–H and O–H groups in total. The first-order chi connectivity index (χ1) is 8.99. The lowest BCUT2D eigenvalue weighted by molar-refractivity contribution is -0.385. The van der Waals surface area contributed by atoms with Crippen LogP contribution in [0.2, 0.25) is 5.02 Å². The van der Waals surface area contributed by atoms with Crippen molar-refractivity contribution < 1.29 is 4.92 Å². The fourth-order valence-corrected chi connectivity index (χ4v) is 2.50. The highest BCUT2D eigenvalue weighted by Gasteiger charge is 2.15. The van der Waals surface area contributed by atoms with Crippen molar-refractivity contribution in [2.75, 3.05) is 5.73 Å². The van der Waals surface area contributed by atoms with E-state index in [9.17, 15) is 10.1 Å². The van der Waals surface area contributed by atoms with Crippen molar-refractivity contribution in [1.82, 2.24) is 14.8 Å². The Morgan fingerprint density at radius 3 is 2.84 bits per heavy atom. The van der Waals surface area contributed by atoms with Crippen LogP contribution in [0.25, 0.3) is 0 Å². The topological polar surface area (TPSA) is 99.9 Å². The van der Waals surface area contributed by atoms with Gasteiger partial charge in [-0.05, 0) is 12.1 Å². The predicted molar refractivity (Wildman–Crippen MR) is 73.1 cm³/mol. The molecular formula is C10H10ClN5O2S. The number of halogens is 1. The molecule has 0 radical (unpaired) electrons. The molecule has 1 aromatic heterocycles. The number of hydrogen-bond donors (Lipinski definition) is 1. The van der Waals surface area contributed by atoms with E-state index in [-0.39, 0.29) is 5.69 Å². The Morgan fingerprint density at radius 1 is 1.53 bits per heavy atom. The molecule has 7 nitrogen and oxygen atoms in total. The first-order valence-corrected chi connectivity index (χ1v) is 6.56. The van der Waals surface area contributed by atoms with Gasteiger partial charge in [0.15, 0.2) is 5.16 Å². The van der Waals surface area contributed by atoms with Crippen LogP contribution in [-0.2, 0) is 12.8 Å². The van der Waals surface area contributed by atoms with Crippen molar-refractivity contribution in [3.05, 3.63) is 38.9 Å². The molecule has 0 aliphatic heterocycles. The molecule has 19 heavy (non-hydrogen) atoms. The van der Waals surface area contributed by atoms with E-state index < -0.39 is 4.92 Å². The maximum absolute atomic E-state index is 10.9. The third kappa shape index (κ3) is 2.96. The van der Waals surface area contributed by atoms with Crippen LogP contribution in [0, 0.1) is 10.1 Å². The normalized spacial score (nSPS) is 10.6. The Bertz CT molecular complexity index is 630. The maximum atomic E-state index is 10.9. The lowest BCUT2D eigenvalue weighted by Crippen LogP contribution is -1.99. The molecule has 0 bridgehead atoms. The Morgan fingerprint density at radius 2 is 2.26 bits per heavy atom. The minimum Gasteiger partial charge on any atom is -0.368 e. The number of hydrogen-bond acceptors (Lipinski definition) is 6. The minimum atomic E-state index is -0.452. The summed E-state index contributed by atoms with van der Waals surface area (Å²) in [6.45, 7) is 0. The summed E-state index contributed by atoms with van der Waals surface area (Å²) in [5.41, 5.74) is 6.12. The second-order valence-corrected chi connectivity index (χ2v) is 5.10. The zero-order chi connectivity index (χ0) is 14.0. The summed E-state index contributed by atoms with van der Waals surface area (Å²) < 4.78 is 1.62. The zero-order valence-corrected chi connectivity index (χ0v) is 11.5. The van der Waals surface area contributed by atoms with Crippen molar-refractivity contribution in [3.8, 4) is 0 Å². The van der Waals surface area contributed by atoms with Crippen molar-refractivity contribution >= 4 is 35.0 Å². The van der Waals surface area contributed by atoms with Crippen LogP contribution >= 0.6 is 23.4 Å². The van der Waals surface area contributed by atoms with Crippen molar-refractivity contribution in [2.24, 2.45) is 7.05 Å². The van der Waals surface area contributed by atoms with Gasteiger partial charge >= 0.3 is 0 Å². The number of thioether (sulfide) groups is 1. The van der Waals surface area contributed by atoms with Gasteiger partial charge in [-0.1, -0.05) is 23.4 Å². The fourth-order valence-electron chi connectivity index (χ4n) is 1.42. The SMILES string of the molecule is Cn1c(N)nnc1SCc1ccc(Cl)cc1[N+](=O)[O-]. The van der Waals surface area contributed by atoms with E-state index in [1.165, 1.54) is 17.8 Å². The summed E-state index contributed by atoms with van der Waals surface area (Å²) in [5, 5.41) is 19.5. The molecule has 2 aromatic rings. The summed E-state index contributed by atoms with van der Waals surface area (Å²) >= 11 is 7.07. The van der Waals surface area contributed by atoms with Crippen LogP contribution < -0.4 is 5.73 Å². The lowest BCUT2D eigenvalue weighted by Gasteiger charge is -2.03. The van der Waals surface area contributed by atoms with Crippen molar-refractivity contribution in [3.63, 3.8) is 0 Å². The van der Waals surface area contributed by atoms with Gasteiger partial charge in [0.2, 0.25) is 5.95 Å². The first kappa shape index (κ1) is 13.6. The fraction of sp³-hybridized carbons (Fsp3) is 0.200. The molecule has 1 aromatic carbocycles. The van der Waals surface area contributed by atoms with Crippen LogP contribution in [0.15, 0.2) is 23.4 Å². The molecule has 1 heterocycles. The van der Waals surface area contributed by atoms with Gasteiger partial charge < -0.3 is 5.73 Å². The summed E-state index contributed by atoms with van der Waals surface area (Å²) in [5.74, 6) is 0.688. The van der Waals surface area contributed by atoms with Gasteiger partial charge in [0.1, 0.15) is 0 Å². The number of aromatic nitrogens is 3. The van der Waals surface area contributed by atoms with E-state index >= 15 is 0 Å². The van der Waals surface area contributed by atoms with Gasteiger partial charge in [-0.3, -0.25) is 14.7 Å². The largest absolute Gasteiger partial charge is 0.368 e. The molecule has 0 saturated heterocycles. The molecule has 2 rings (SSSR count). The average Bonchev–Trinajstić information content (AvgIpc) is 2.68. The quantitative estimate of drug-likeness (QED) is 0.528. The number of nitro benzene ring substituents is 1. The molecule has 9 heteroatoms. The summed E-state index contributed by atoms with van der Waals surface area (Å²) in [6, 6.07) is 4.59. The van der Waals surface area contributed by atoms with Crippen LogP contribution in [0.3, 0.4) is 0 Å². The number of nitrogens with two attached hydrogens (primary N) is 1. The predicted octanol–water partition coefficient (Wildman–Crippen LogP) is 2.25. The van der Waals surface area contributed by atoms with E-state index in [4.69, 9.17) is 17.3 Å². The van der Waals surface area contributed by atoms with Crippen LogP contribution in [0.4, 0.5) is 11.6 Å². The standard InChI is InChI=1S/C10H10ClN5O2S/c1-15-9(12)13-14-10(15)19-5-6-2-3-7(11)4-8(6)16(17)18/h2-4H,5H2,1H3,(H2,12,13). The van der Waals surface area contributed by atoms with Crippen molar-refractivity contribution in [1.29, 1.82) is 0 Å². The van der Waals surface area contributed by atoms with E-state index in [0.717, 1.165) is 0 Å². The van der Waals surface area contributed by atoms with Crippen molar-refractivity contribution in [2.45, 2.75) is 10.9 Å². The van der Waals surface area contributed by atoms with Gasteiger partial charge in [-0.15, -0.1) is 10.2 Å². The molecule has 0 fully saturated rings. The highest BCUT2D eigenvalue weighted by molar-refractivity contribution is 7.98. The van der Waals surface area contributed by atoms with Gasteiger partial charge in [-0.25, -0.2) is 0 Å². The van der Waals surface area contributed by atoms with Gasteiger partial charge in [-0.2, -0.15) is 0 Å². The number of nitro groups is 1. The molecule has 0 unspecified atom stereocenters. The molecular weight excluding hydrogens is 290 g/mol. The Balaban J connectivity index is 2.20. The Labute approximate surface area is 117 Å². The third-order valence-corrected chi connectivity index (χ3v) is 3.77. The molecule has 0 aliphatic rings. The number of anilines is 1. The molecule has 100 valence electrons. The van der Waals surface area contributed by atoms with E-state index in [1.54, 1.807) is 23.7 Å². The van der Waals surface area contributed by atoms with Crippen LogP contribution in [0.5, 0.6) is 0 Å². The van der Waals surface area contributed by atoms with Gasteiger partial charge in [0.05, 0.1) is 4.92 Å². The number of benzene rings is 1. The monoisotopic (exact) mass is 299 g/mol. The third-order valence-electron chi connectivity index (χ3n) is 2.47. The number of nitrogens with zero attached hydrogens (tertiary/aromatic N) is 4. The van der Waals surface area contributed by atoms with E-state index in [0.29, 0.717) is 27.4 Å². The smallest absolute Gasteiger partial charge is 0.274 e. The number of nitrogen functional groups attached to an aromatic ring is 1. The summed E-state index contributed by atoms with van der Waals surface area (Å²) in [7, 11) is 1.73. The molecule has 0 atom stereocenters. The summed E-state index contributed by atoms with van der Waals surface area (Å²) in [4.78, 5) is 10.5. The zero-order valence-electron chi connectivity index (χ0n) is 9.91. The first-order valence-electron chi connectivity index (χ1n) is 5.19. The maximum Gasteiger partial charge on any atom is 0.274 e.